The summed E-state index contributed by atoms with van der Waals surface area (Å²) in [6, 6.07) is 4.88. The van der Waals surface area contributed by atoms with Gasteiger partial charge < -0.3 is 9.64 Å². The Morgan fingerprint density at radius 1 is 1.41 bits per heavy atom. The van der Waals surface area contributed by atoms with Crippen molar-refractivity contribution in [3.63, 3.8) is 0 Å². The Hall–Kier alpha value is -1.42. The highest BCUT2D eigenvalue weighted by Crippen LogP contribution is 2.24. The fourth-order valence-corrected chi connectivity index (χ4v) is 2.15. The van der Waals surface area contributed by atoms with E-state index in [1.807, 2.05) is 11.9 Å². The number of benzene rings is 1. The smallest absolute Gasteiger partial charge is 0.150 e. The van der Waals surface area contributed by atoms with Gasteiger partial charge in [0, 0.05) is 31.9 Å². The molecule has 4 heteroatoms. The number of carbonyl (C=O) groups excluding carboxylic acids is 1. The molecule has 0 aliphatic carbocycles. The van der Waals surface area contributed by atoms with Crippen LogP contribution in [-0.2, 0) is 4.74 Å². The van der Waals surface area contributed by atoms with Crippen LogP contribution in [-0.4, -0.2) is 32.6 Å². The van der Waals surface area contributed by atoms with E-state index in [4.69, 9.17) is 4.74 Å². The molecule has 1 saturated heterocycles. The first-order valence-corrected chi connectivity index (χ1v) is 5.77. The zero-order valence-electron chi connectivity index (χ0n) is 9.86. The molecule has 0 atom stereocenters. The summed E-state index contributed by atoms with van der Waals surface area (Å²) < 4.78 is 19.1. The second kappa shape index (κ2) is 5.27. The molecular formula is C13H16FNO2. The number of aldehydes is 1. The maximum atomic E-state index is 13.8. The minimum absolute atomic E-state index is 0.306. The van der Waals surface area contributed by atoms with Crippen molar-refractivity contribution in [2.45, 2.75) is 18.9 Å². The summed E-state index contributed by atoms with van der Waals surface area (Å²) in [4.78, 5) is 12.5. The van der Waals surface area contributed by atoms with Crippen LogP contribution in [0.3, 0.4) is 0 Å². The molecule has 2 rings (SSSR count). The van der Waals surface area contributed by atoms with Crippen LogP contribution in [0.1, 0.15) is 23.2 Å². The monoisotopic (exact) mass is 237 g/mol. The van der Waals surface area contributed by atoms with Crippen molar-refractivity contribution >= 4 is 12.0 Å². The summed E-state index contributed by atoms with van der Waals surface area (Å²) in [6.45, 7) is 1.45. The third-order valence-electron chi connectivity index (χ3n) is 3.23. The van der Waals surface area contributed by atoms with E-state index in [0.717, 1.165) is 26.1 Å². The Bertz CT molecular complexity index is 402. The lowest BCUT2D eigenvalue weighted by Gasteiger charge is -2.33. The standard InChI is InChI=1S/C13H16FNO2/c1-15(11-4-6-17-7-5-11)13-3-2-10(9-16)8-12(13)14/h2-3,8-9,11H,4-7H2,1H3. The predicted molar refractivity (Wildman–Crippen MR) is 64.0 cm³/mol. The second-order valence-corrected chi connectivity index (χ2v) is 4.28. The van der Waals surface area contributed by atoms with Gasteiger partial charge in [-0.05, 0) is 31.0 Å². The van der Waals surface area contributed by atoms with Gasteiger partial charge in [0.15, 0.2) is 0 Å². The van der Waals surface area contributed by atoms with Gasteiger partial charge in [0.25, 0.3) is 0 Å². The Morgan fingerprint density at radius 3 is 2.71 bits per heavy atom. The molecule has 0 bridgehead atoms. The van der Waals surface area contributed by atoms with Gasteiger partial charge in [-0.1, -0.05) is 0 Å². The van der Waals surface area contributed by atoms with E-state index < -0.39 is 0 Å². The van der Waals surface area contributed by atoms with Crippen molar-refractivity contribution in [2.24, 2.45) is 0 Å². The second-order valence-electron chi connectivity index (χ2n) is 4.28. The molecule has 0 aromatic heterocycles. The molecule has 3 nitrogen and oxygen atoms in total. The van der Waals surface area contributed by atoms with Gasteiger partial charge in [0.2, 0.25) is 0 Å². The van der Waals surface area contributed by atoms with E-state index in [-0.39, 0.29) is 5.82 Å². The molecule has 0 spiro atoms. The largest absolute Gasteiger partial charge is 0.381 e. The van der Waals surface area contributed by atoms with Crippen LogP contribution in [0.15, 0.2) is 18.2 Å². The number of carbonyl (C=O) groups is 1. The van der Waals surface area contributed by atoms with Crippen molar-refractivity contribution < 1.29 is 13.9 Å². The maximum Gasteiger partial charge on any atom is 0.150 e. The van der Waals surface area contributed by atoms with Crippen molar-refractivity contribution in [3.8, 4) is 0 Å². The summed E-state index contributed by atoms with van der Waals surface area (Å²) in [7, 11) is 1.88. The lowest BCUT2D eigenvalue weighted by molar-refractivity contribution is 0.0853. The highest BCUT2D eigenvalue weighted by atomic mass is 19.1. The number of ether oxygens (including phenoxy) is 1. The zero-order chi connectivity index (χ0) is 12.3. The van der Waals surface area contributed by atoms with Crippen LogP contribution in [0, 0.1) is 5.82 Å². The van der Waals surface area contributed by atoms with E-state index in [1.165, 1.54) is 6.07 Å². The fourth-order valence-electron chi connectivity index (χ4n) is 2.15. The molecule has 0 radical (unpaired) electrons. The van der Waals surface area contributed by atoms with Crippen LogP contribution < -0.4 is 4.90 Å². The molecule has 1 fully saturated rings. The summed E-state index contributed by atoms with van der Waals surface area (Å²) in [5.74, 6) is -0.344. The molecule has 0 saturated carbocycles. The van der Waals surface area contributed by atoms with Gasteiger partial charge in [-0.3, -0.25) is 4.79 Å². The summed E-state index contributed by atoms with van der Waals surface area (Å²) in [6.07, 6.45) is 2.47. The van der Waals surface area contributed by atoms with E-state index in [2.05, 4.69) is 0 Å². The molecule has 92 valence electrons. The van der Waals surface area contributed by atoms with Gasteiger partial charge in [-0.25, -0.2) is 4.39 Å². The number of hydrogen-bond acceptors (Lipinski definition) is 3. The number of halogens is 1. The Labute approximate surface area is 100 Å². The van der Waals surface area contributed by atoms with Crippen LogP contribution in [0.5, 0.6) is 0 Å². The average molecular weight is 237 g/mol. The van der Waals surface area contributed by atoms with E-state index in [1.54, 1.807) is 12.1 Å². The average Bonchev–Trinajstić information content (AvgIpc) is 2.39. The molecule has 17 heavy (non-hydrogen) atoms. The van der Waals surface area contributed by atoms with Crippen molar-refractivity contribution in [1.29, 1.82) is 0 Å². The topological polar surface area (TPSA) is 29.5 Å². The van der Waals surface area contributed by atoms with Gasteiger partial charge in [-0.15, -0.1) is 0 Å². The third-order valence-corrected chi connectivity index (χ3v) is 3.23. The molecule has 1 aromatic carbocycles. The lowest BCUT2D eigenvalue weighted by atomic mass is 10.1. The first-order chi connectivity index (χ1) is 8.22. The van der Waals surface area contributed by atoms with Crippen LogP contribution in [0.4, 0.5) is 10.1 Å². The SMILES string of the molecule is CN(c1ccc(C=O)cc1F)C1CCOCC1. The molecule has 0 N–H and O–H groups in total. The molecule has 1 aliphatic rings. The van der Waals surface area contributed by atoms with Gasteiger partial charge in [0.05, 0.1) is 5.69 Å². The highest BCUT2D eigenvalue weighted by Gasteiger charge is 2.20. The number of rotatable bonds is 3. The first kappa shape index (κ1) is 12.0. The van der Waals surface area contributed by atoms with Crippen LogP contribution >= 0.6 is 0 Å². The molecule has 1 aromatic rings. The van der Waals surface area contributed by atoms with Gasteiger partial charge >= 0.3 is 0 Å². The minimum Gasteiger partial charge on any atom is -0.381 e. The quantitative estimate of drug-likeness (QED) is 0.755. The fraction of sp³-hybridized carbons (Fsp3) is 0.462. The lowest BCUT2D eigenvalue weighted by Crippen LogP contribution is -2.37. The zero-order valence-corrected chi connectivity index (χ0v) is 9.86. The number of hydrogen-bond donors (Lipinski definition) is 0. The summed E-state index contributed by atoms with van der Waals surface area (Å²) in [5, 5.41) is 0. The molecule has 1 heterocycles. The Balaban J connectivity index is 2.17. The van der Waals surface area contributed by atoms with Crippen molar-refractivity contribution in [2.75, 3.05) is 25.2 Å². The predicted octanol–water partition coefficient (Wildman–Crippen LogP) is 2.25. The van der Waals surface area contributed by atoms with E-state index in [0.29, 0.717) is 23.6 Å². The van der Waals surface area contributed by atoms with E-state index >= 15 is 0 Å². The number of nitrogens with zero attached hydrogens (tertiary/aromatic N) is 1. The maximum absolute atomic E-state index is 13.8. The summed E-state index contributed by atoms with van der Waals surface area (Å²) >= 11 is 0. The van der Waals surface area contributed by atoms with Crippen LogP contribution in [0.2, 0.25) is 0 Å². The summed E-state index contributed by atoms with van der Waals surface area (Å²) in [5.41, 5.74) is 0.911. The Morgan fingerprint density at radius 2 is 2.12 bits per heavy atom. The van der Waals surface area contributed by atoms with Crippen molar-refractivity contribution in [3.05, 3.63) is 29.6 Å². The minimum atomic E-state index is -0.344. The Kier molecular flexibility index (Phi) is 3.74. The molecule has 0 unspecified atom stereocenters. The van der Waals surface area contributed by atoms with Gasteiger partial charge in [0.1, 0.15) is 12.1 Å². The number of anilines is 1. The molecular weight excluding hydrogens is 221 g/mol. The first-order valence-electron chi connectivity index (χ1n) is 5.77. The normalized spacial score (nSPS) is 16.8. The molecule has 1 aliphatic heterocycles. The van der Waals surface area contributed by atoms with Crippen LogP contribution in [0.25, 0.3) is 0 Å². The van der Waals surface area contributed by atoms with Gasteiger partial charge in [-0.2, -0.15) is 0 Å². The van der Waals surface area contributed by atoms with Crippen molar-refractivity contribution in [1.82, 2.24) is 0 Å². The van der Waals surface area contributed by atoms with E-state index in [9.17, 15) is 9.18 Å². The highest BCUT2D eigenvalue weighted by molar-refractivity contribution is 5.76. The third kappa shape index (κ3) is 2.64. The molecule has 0 amide bonds.